The summed E-state index contributed by atoms with van der Waals surface area (Å²) in [4.78, 5) is 40.9. The van der Waals surface area contributed by atoms with E-state index in [-0.39, 0.29) is 17.6 Å². The predicted octanol–water partition coefficient (Wildman–Crippen LogP) is 3.28. The summed E-state index contributed by atoms with van der Waals surface area (Å²) < 4.78 is 19.9. The van der Waals surface area contributed by atoms with Gasteiger partial charge in [-0.15, -0.1) is 11.3 Å². The molecule has 2 fully saturated rings. The smallest absolute Gasteiger partial charge is 0.335 e. The molecule has 2 unspecified atom stereocenters. The second kappa shape index (κ2) is 12.8. The number of nitrogens with zero attached hydrogens (tertiary/aromatic N) is 6. The Balaban J connectivity index is 1.42. The molecule has 5 rings (SSSR count). The first-order chi connectivity index (χ1) is 21.0. The van der Waals surface area contributed by atoms with Crippen LogP contribution in [0.4, 0.5) is 4.39 Å². The van der Waals surface area contributed by atoms with Crippen LogP contribution in [0.3, 0.4) is 0 Å². The topological polar surface area (TPSA) is 134 Å². The number of carboxylic acid groups (broad SMARTS) is 1. The fourth-order valence-electron chi connectivity index (χ4n) is 6.09. The lowest BCUT2D eigenvalue weighted by Crippen LogP contribution is -2.52. The first-order valence-corrected chi connectivity index (χ1v) is 15.4. The molecule has 0 saturated carbocycles. The lowest BCUT2D eigenvalue weighted by Gasteiger charge is -2.39. The van der Waals surface area contributed by atoms with Gasteiger partial charge in [0.1, 0.15) is 17.7 Å². The van der Waals surface area contributed by atoms with Crippen LogP contribution >= 0.6 is 11.3 Å². The van der Waals surface area contributed by atoms with Gasteiger partial charge >= 0.3 is 11.9 Å². The fourth-order valence-corrected chi connectivity index (χ4v) is 6.67. The summed E-state index contributed by atoms with van der Waals surface area (Å²) in [5, 5.41) is 25.7. The SMILES string of the molecule is CCOC(=O)C(C)(C)CN1CC2CN(CC3=C(C(=O)O)C(c4cccc(F)c4C)N=C(c4nccs4)N3)CCN2C1=CC#N. The Bertz CT molecular complexity index is 1560. The molecule has 11 nitrogen and oxygen atoms in total. The van der Waals surface area contributed by atoms with Gasteiger partial charge in [-0.3, -0.25) is 14.7 Å². The number of aromatic nitrogens is 1. The summed E-state index contributed by atoms with van der Waals surface area (Å²) in [5.74, 6) is -0.628. The van der Waals surface area contributed by atoms with Crippen LogP contribution in [-0.4, -0.2) is 94.5 Å². The molecule has 2 aromatic rings. The zero-order chi connectivity index (χ0) is 31.6. The van der Waals surface area contributed by atoms with E-state index in [1.54, 1.807) is 32.2 Å². The number of carbonyl (C=O) groups is 2. The van der Waals surface area contributed by atoms with Crippen LogP contribution in [0.1, 0.15) is 42.9 Å². The highest BCUT2D eigenvalue weighted by Crippen LogP contribution is 2.36. The van der Waals surface area contributed by atoms with Gasteiger partial charge in [0.15, 0.2) is 10.8 Å². The van der Waals surface area contributed by atoms with Crippen LogP contribution in [0.2, 0.25) is 0 Å². The number of hydrogen-bond donors (Lipinski definition) is 2. The molecule has 0 spiro atoms. The number of rotatable bonds is 9. The highest BCUT2D eigenvalue weighted by Gasteiger charge is 2.42. The van der Waals surface area contributed by atoms with Gasteiger partial charge in [0.25, 0.3) is 0 Å². The average Bonchev–Trinajstić information content (AvgIpc) is 3.63. The summed E-state index contributed by atoms with van der Waals surface area (Å²) in [6, 6.07) is 5.88. The fraction of sp³-hybridized carbons (Fsp3) is 0.452. The minimum absolute atomic E-state index is 0.0205. The van der Waals surface area contributed by atoms with E-state index in [0.29, 0.717) is 73.5 Å². The molecule has 13 heteroatoms. The Labute approximate surface area is 259 Å². The van der Waals surface area contributed by atoms with Crippen LogP contribution in [0.25, 0.3) is 0 Å². The maximum atomic E-state index is 14.6. The second-order valence-electron chi connectivity index (χ2n) is 11.7. The molecule has 0 aliphatic carbocycles. The number of thiazole rings is 1. The van der Waals surface area contributed by atoms with Crippen molar-refractivity contribution in [2.45, 2.75) is 39.8 Å². The number of carbonyl (C=O) groups excluding carboxylic acids is 1. The van der Waals surface area contributed by atoms with Crippen molar-refractivity contribution in [3.05, 3.63) is 74.9 Å². The molecular weight excluding hydrogens is 585 g/mol. The second-order valence-corrected chi connectivity index (χ2v) is 12.6. The van der Waals surface area contributed by atoms with Crippen molar-refractivity contribution in [2.24, 2.45) is 10.4 Å². The first kappa shape index (κ1) is 31.2. The number of aliphatic carboxylic acids is 1. The van der Waals surface area contributed by atoms with Gasteiger partial charge in [0.2, 0.25) is 0 Å². The number of esters is 1. The quantitative estimate of drug-likeness (QED) is 0.317. The molecule has 1 aromatic carbocycles. The molecule has 232 valence electrons. The molecule has 3 aliphatic heterocycles. The predicted molar refractivity (Wildman–Crippen MR) is 163 cm³/mol. The van der Waals surface area contributed by atoms with Crippen molar-refractivity contribution in [2.75, 3.05) is 45.9 Å². The molecule has 0 amide bonds. The number of nitriles is 1. The molecule has 44 heavy (non-hydrogen) atoms. The standard InChI is InChI=1S/C31H36FN7O4S/c1-5-43-30(42)31(3,4)18-38-16-20-15-37(12-13-39(20)24(38)9-10-33)17-23-25(29(40)41)26(21-7-6-8-22(32)19(21)2)36-27(35-23)28-34-11-14-44-28/h6-9,11,14,20,26H,5,12-13,15-18H2,1-4H3,(H,35,36)(H,40,41). The van der Waals surface area contributed by atoms with Crippen LogP contribution in [-0.2, 0) is 14.3 Å². The van der Waals surface area contributed by atoms with E-state index in [1.807, 2.05) is 19.2 Å². The molecule has 3 aliphatic rings. The van der Waals surface area contributed by atoms with Gasteiger partial charge in [-0.1, -0.05) is 12.1 Å². The molecule has 0 radical (unpaired) electrons. The molecular formula is C31H36FN7O4S. The number of amidine groups is 1. The van der Waals surface area contributed by atoms with E-state index >= 15 is 0 Å². The van der Waals surface area contributed by atoms with Gasteiger partial charge in [-0.2, -0.15) is 5.26 Å². The number of benzene rings is 1. The Morgan fingerprint density at radius 3 is 2.80 bits per heavy atom. The van der Waals surface area contributed by atoms with Crippen LogP contribution < -0.4 is 5.32 Å². The van der Waals surface area contributed by atoms with Crippen LogP contribution in [0.15, 0.2) is 57.9 Å². The number of nitrogens with one attached hydrogen (secondary N) is 1. The van der Waals surface area contributed by atoms with Gasteiger partial charge in [-0.05, 0) is 44.9 Å². The molecule has 2 atom stereocenters. The molecule has 0 bridgehead atoms. The van der Waals surface area contributed by atoms with E-state index in [4.69, 9.17) is 9.73 Å². The third-order valence-corrected chi connectivity index (χ3v) is 8.98. The number of piperazine rings is 1. The maximum absolute atomic E-state index is 14.6. The summed E-state index contributed by atoms with van der Waals surface area (Å²) in [7, 11) is 0. The molecule has 2 N–H and O–H groups in total. The van der Waals surface area contributed by atoms with E-state index in [9.17, 15) is 24.3 Å². The summed E-state index contributed by atoms with van der Waals surface area (Å²) in [6.07, 6.45) is 3.18. The number of hydrogen-bond acceptors (Lipinski definition) is 11. The van der Waals surface area contributed by atoms with Crippen molar-refractivity contribution in [3.8, 4) is 6.07 Å². The molecule has 4 heterocycles. The highest BCUT2D eigenvalue weighted by molar-refractivity contribution is 7.11. The number of aliphatic imine (C=N–C) groups is 1. The summed E-state index contributed by atoms with van der Waals surface area (Å²) in [5.41, 5.74) is 0.604. The van der Waals surface area contributed by atoms with Crippen molar-refractivity contribution in [1.29, 1.82) is 5.26 Å². The van der Waals surface area contributed by atoms with Gasteiger partial charge < -0.3 is 25.0 Å². The van der Waals surface area contributed by atoms with E-state index in [2.05, 4.69) is 31.1 Å². The van der Waals surface area contributed by atoms with Gasteiger partial charge in [0, 0.05) is 56.5 Å². The Morgan fingerprint density at radius 1 is 1.32 bits per heavy atom. The Kier molecular flexibility index (Phi) is 9.03. The third kappa shape index (κ3) is 6.18. The van der Waals surface area contributed by atoms with E-state index in [0.717, 1.165) is 5.82 Å². The van der Waals surface area contributed by atoms with Crippen LogP contribution in [0, 0.1) is 29.5 Å². The lowest BCUT2D eigenvalue weighted by atomic mass is 9.92. The number of allylic oxidation sites excluding steroid dienone is 1. The maximum Gasteiger partial charge on any atom is 0.335 e. The average molecular weight is 622 g/mol. The largest absolute Gasteiger partial charge is 0.478 e. The Morgan fingerprint density at radius 2 is 2.11 bits per heavy atom. The van der Waals surface area contributed by atoms with Gasteiger partial charge in [0.05, 0.1) is 35.8 Å². The number of fused-ring (bicyclic) bond motifs is 1. The molecule has 2 saturated heterocycles. The van der Waals surface area contributed by atoms with E-state index < -0.39 is 23.2 Å². The zero-order valence-corrected chi connectivity index (χ0v) is 26.0. The number of ether oxygens (including phenoxy) is 1. The normalized spacial score (nSPS) is 21.5. The Hall–Kier alpha value is -4.28. The summed E-state index contributed by atoms with van der Waals surface area (Å²) in [6.45, 7) is 10.5. The summed E-state index contributed by atoms with van der Waals surface area (Å²) >= 11 is 1.38. The highest BCUT2D eigenvalue weighted by atomic mass is 32.1. The van der Waals surface area contributed by atoms with E-state index in [1.165, 1.54) is 23.5 Å². The monoisotopic (exact) mass is 621 g/mol. The van der Waals surface area contributed by atoms with Crippen molar-refractivity contribution in [1.82, 2.24) is 25.0 Å². The third-order valence-electron chi connectivity index (χ3n) is 8.20. The lowest BCUT2D eigenvalue weighted by molar-refractivity contribution is -0.154. The number of carboxylic acids is 1. The minimum atomic E-state index is -1.13. The van der Waals surface area contributed by atoms with Crippen molar-refractivity contribution >= 4 is 29.1 Å². The molecule has 1 aromatic heterocycles. The van der Waals surface area contributed by atoms with Crippen LogP contribution in [0.5, 0.6) is 0 Å². The number of halogens is 1. The van der Waals surface area contributed by atoms with Crippen molar-refractivity contribution in [3.63, 3.8) is 0 Å². The minimum Gasteiger partial charge on any atom is -0.478 e. The van der Waals surface area contributed by atoms with Gasteiger partial charge in [-0.25, -0.2) is 14.2 Å². The zero-order valence-electron chi connectivity index (χ0n) is 25.2. The van der Waals surface area contributed by atoms with Crippen molar-refractivity contribution < 1.29 is 23.8 Å². The first-order valence-electron chi connectivity index (χ1n) is 14.5.